The molecule has 0 bridgehead atoms. The van der Waals surface area contributed by atoms with E-state index >= 15 is 0 Å². The van der Waals surface area contributed by atoms with Crippen LogP contribution in [0.5, 0.6) is 0 Å². The molecule has 1 aromatic carbocycles. The van der Waals surface area contributed by atoms with Crippen molar-refractivity contribution in [3.63, 3.8) is 0 Å². The molecule has 0 fully saturated rings. The van der Waals surface area contributed by atoms with Gasteiger partial charge in [-0.2, -0.15) is 0 Å². The van der Waals surface area contributed by atoms with Crippen LogP contribution in [-0.4, -0.2) is 18.4 Å². The number of benzene rings is 1. The Morgan fingerprint density at radius 2 is 1.90 bits per heavy atom. The lowest BCUT2D eigenvalue weighted by Crippen LogP contribution is -2.24. The zero-order chi connectivity index (χ0) is 15.2. The number of carbonyl (C=O) groups excluding carboxylic acids is 2. The van der Waals surface area contributed by atoms with Crippen molar-refractivity contribution < 1.29 is 9.59 Å². The maximum absolute atomic E-state index is 11.9. The number of carbonyl (C=O) groups is 2. The van der Waals surface area contributed by atoms with Gasteiger partial charge in [-0.1, -0.05) is 12.1 Å². The predicted octanol–water partition coefficient (Wildman–Crippen LogP) is 3.19. The minimum absolute atomic E-state index is 0.104. The molecule has 2 N–H and O–H groups in total. The van der Waals surface area contributed by atoms with Crippen LogP contribution in [0.3, 0.4) is 0 Å². The van der Waals surface area contributed by atoms with E-state index in [0.29, 0.717) is 24.2 Å². The SMILES string of the molecule is CCNC(=O)c1cccc(CNC(=O)c2csc(Br)c2)c1. The molecule has 0 saturated heterocycles. The molecule has 0 unspecified atom stereocenters. The van der Waals surface area contributed by atoms with Crippen molar-refractivity contribution in [3.05, 3.63) is 56.2 Å². The van der Waals surface area contributed by atoms with Crippen LogP contribution in [0.1, 0.15) is 33.2 Å². The van der Waals surface area contributed by atoms with Crippen molar-refractivity contribution in [1.29, 1.82) is 0 Å². The molecule has 0 radical (unpaired) electrons. The maximum atomic E-state index is 11.9. The van der Waals surface area contributed by atoms with Crippen LogP contribution < -0.4 is 10.6 Å². The number of thiophene rings is 1. The van der Waals surface area contributed by atoms with Gasteiger partial charge in [-0.25, -0.2) is 0 Å². The molecule has 2 aromatic rings. The molecule has 6 heteroatoms. The highest BCUT2D eigenvalue weighted by Gasteiger charge is 2.09. The quantitative estimate of drug-likeness (QED) is 0.853. The van der Waals surface area contributed by atoms with Crippen molar-refractivity contribution in [2.75, 3.05) is 6.54 Å². The van der Waals surface area contributed by atoms with Crippen molar-refractivity contribution >= 4 is 39.1 Å². The summed E-state index contributed by atoms with van der Waals surface area (Å²) in [5.41, 5.74) is 2.12. The fourth-order valence-corrected chi connectivity index (χ4v) is 2.94. The summed E-state index contributed by atoms with van der Waals surface area (Å²) in [7, 11) is 0. The fraction of sp³-hybridized carbons (Fsp3) is 0.200. The molecule has 1 aromatic heterocycles. The fourth-order valence-electron chi connectivity index (χ4n) is 1.80. The molecule has 2 amide bonds. The molecule has 0 atom stereocenters. The molecular weight excluding hydrogens is 352 g/mol. The Balaban J connectivity index is 1.98. The van der Waals surface area contributed by atoms with E-state index in [1.54, 1.807) is 23.6 Å². The zero-order valence-electron chi connectivity index (χ0n) is 11.5. The molecule has 0 spiro atoms. The van der Waals surface area contributed by atoms with E-state index in [1.165, 1.54) is 11.3 Å². The lowest BCUT2D eigenvalue weighted by Gasteiger charge is -2.07. The van der Waals surface area contributed by atoms with Gasteiger partial charge in [-0.15, -0.1) is 11.3 Å². The normalized spacial score (nSPS) is 10.2. The smallest absolute Gasteiger partial charge is 0.252 e. The van der Waals surface area contributed by atoms with Crippen LogP contribution in [0.4, 0.5) is 0 Å². The Morgan fingerprint density at radius 3 is 2.57 bits per heavy atom. The first kappa shape index (κ1) is 15.7. The second kappa shape index (κ2) is 7.38. The highest BCUT2D eigenvalue weighted by molar-refractivity contribution is 9.11. The number of hydrogen-bond acceptors (Lipinski definition) is 3. The molecular formula is C15H15BrN2O2S. The summed E-state index contributed by atoms with van der Waals surface area (Å²) in [4.78, 5) is 23.7. The molecule has 0 aliphatic rings. The van der Waals surface area contributed by atoms with E-state index < -0.39 is 0 Å². The van der Waals surface area contributed by atoms with E-state index in [4.69, 9.17) is 0 Å². The average molecular weight is 367 g/mol. The number of rotatable bonds is 5. The summed E-state index contributed by atoms with van der Waals surface area (Å²) >= 11 is 4.80. The Hall–Kier alpha value is -1.66. The second-order valence-corrected chi connectivity index (χ2v) is 6.67. The lowest BCUT2D eigenvalue weighted by atomic mass is 10.1. The van der Waals surface area contributed by atoms with Crippen LogP contribution in [0.25, 0.3) is 0 Å². The van der Waals surface area contributed by atoms with E-state index in [-0.39, 0.29) is 11.8 Å². The highest BCUT2D eigenvalue weighted by atomic mass is 79.9. The van der Waals surface area contributed by atoms with Crippen LogP contribution in [-0.2, 0) is 6.54 Å². The summed E-state index contributed by atoms with van der Waals surface area (Å²) in [5, 5.41) is 7.39. The minimum Gasteiger partial charge on any atom is -0.352 e. The molecule has 2 rings (SSSR count). The number of amides is 2. The third-order valence-corrected chi connectivity index (χ3v) is 4.31. The topological polar surface area (TPSA) is 58.2 Å². The predicted molar refractivity (Wildman–Crippen MR) is 87.6 cm³/mol. The molecule has 0 aliphatic heterocycles. The van der Waals surface area contributed by atoms with E-state index in [1.807, 2.05) is 19.1 Å². The van der Waals surface area contributed by atoms with E-state index in [0.717, 1.165) is 9.35 Å². The van der Waals surface area contributed by atoms with Gasteiger partial charge in [0.1, 0.15) is 0 Å². The minimum atomic E-state index is -0.125. The van der Waals surface area contributed by atoms with Crippen molar-refractivity contribution in [3.8, 4) is 0 Å². The van der Waals surface area contributed by atoms with Gasteiger partial charge in [0.2, 0.25) is 0 Å². The van der Waals surface area contributed by atoms with Gasteiger partial charge in [0.25, 0.3) is 11.8 Å². The standard InChI is InChI=1S/C15H15BrN2O2S/c1-2-17-14(19)11-5-3-4-10(6-11)8-18-15(20)12-7-13(16)21-9-12/h3-7,9H,2,8H2,1H3,(H,17,19)(H,18,20). The monoisotopic (exact) mass is 366 g/mol. The van der Waals surface area contributed by atoms with Crippen LogP contribution in [0, 0.1) is 0 Å². The molecule has 4 nitrogen and oxygen atoms in total. The van der Waals surface area contributed by atoms with Crippen molar-refractivity contribution in [2.45, 2.75) is 13.5 Å². The van der Waals surface area contributed by atoms with Crippen molar-refractivity contribution in [1.82, 2.24) is 10.6 Å². The summed E-state index contributed by atoms with van der Waals surface area (Å²) < 4.78 is 0.922. The lowest BCUT2D eigenvalue weighted by molar-refractivity contribution is 0.0947. The largest absolute Gasteiger partial charge is 0.352 e. The first-order valence-electron chi connectivity index (χ1n) is 6.49. The Bertz CT molecular complexity index is 655. The van der Waals surface area contributed by atoms with Gasteiger partial charge in [-0.05, 0) is 46.6 Å². The Labute approximate surface area is 135 Å². The third-order valence-electron chi connectivity index (χ3n) is 2.81. The highest BCUT2D eigenvalue weighted by Crippen LogP contribution is 2.20. The van der Waals surface area contributed by atoms with Gasteiger partial charge < -0.3 is 10.6 Å². The molecule has 0 aliphatic carbocycles. The van der Waals surface area contributed by atoms with Gasteiger partial charge in [0.05, 0.1) is 9.35 Å². The van der Waals surface area contributed by atoms with Crippen LogP contribution in [0.15, 0.2) is 39.5 Å². The summed E-state index contributed by atoms with van der Waals surface area (Å²) in [6.07, 6.45) is 0. The maximum Gasteiger partial charge on any atom is 0.252 e. The van der Waals surface area contributed by atoms with Crippen LogP contribution in [0.2, 0.25) is 0 Å². The Kier molecular flexibility index (Phi) is 5.52. The van der Waals surface area contributed by atoms with E-state index in [9.17, 15) is 9.59 Å². The van der Waals surface area contributed by atoms with Gasteiger partial charge in [0, 0.05) is 24.0 Å². The van der Waals surface area contributed by atoms with Crippen molar-refractivity contribution in [2.24, 2.45) is 0 Å². The molecule has 1 heterocycles. The van der Waals surface area contributed by atoms with E-state index in [2.05, 4.69) is 26.6 Å². The van der Waals surface area contributed by atoms with Gasteiger partial charge in [0.15, 0.2) is 0 Å². The second-order valence-electron chi connectivity index (χ2n) is 4.38. The third kappa shape index (κ3) is 4.41. The zero-order valence-corrected chi connectivity index (χ0v) is 13.9. The first-order valence-corrected chi connectivity index (χ1v) is 8.16. The van der Waals surface area contributed by atoms with Gasteiger partial charge >= 0.3 is 0 Å². The first-order chi connectivity index (χ1) is 10.1. The summed E-state index contributed by atoms with van der Waals surface area (Å²) in [5.74, 6) is -0.229. The Morgan fingerprint density at radius 1 is 1.14 bits per heavy atom. The summed E-state index contributed by atoms with van der Waals surface area (Å²) in [6, 6.07) is 9.02. The van der Waals surface area contributed by atoms with Gasteiger partial charge in [-0.3, -0.25) is 9.59 Å². The number of hydrogen-bond donors (Lipinski definition) is 2. The van der Waals surface area contributed by atoms with Crippen LogP contribution >= 0.6 is 27.3 Å². The summed E-state index contributed by atoms with van der Waals surface area (Å²) in [6.45, 7) is 2.85. The molecule has 110 valence electrons. The number of nitrogens with one attached hydrogen (secondary N) is 2. The molecule has 0 saturated carbocycles. The average Bonchev–Trinajstić information content (AvgIpc) is 2.92. The number of halogens is 1. The molecule has 21 heavy (non-hydrogen) atoms.